The van der Waals surface area contributed by atoms with Crippen LogP contribution in [-0.2, 0) is 21.3 Å². The summed E-state index contributed by atoms with van der Waals surface area (Å²) in [5.41, 5.74) is 4.22. The summed E-state index contributed by atoms with van der Waals surface area (Å²) in [5, 5.41) is 4.55. The molecule has 0 atom stereocenters. The zero-order valence-corrected chi connectivity index (χ0v) is 11.7. The van der Waals surface area contributed by atoms with E-state index < -0.39 is 21.7 Å². The van der Waals surface area contributed by atoms with Gasteiger partial charge in [0.15, 0.2) is 0 Å². The number of hydrogen-bond acceptors (Lipinski definition) is 6. The summed E-state index contributed by atoms with van der Waals surface area (Å²) in [5.74, 6) is 0.306. The molecule has 0 radical (unpaired) electrons. The first-order valence-electron chi connectivity index (χ1n) is 5.41. The summed E-state index contributed by atoms with van der Waals surface area (Å²) in [6.45, 7) is 5.29. The van der Waals surface area contributed by atoms with Gasteiger partial charge in [0.2, 0.25) is 5.09 Å². The molecule has 1 aromatic rings. The van der Waals surface area contributed by atoms with Crippen molar-refractivity contribution in [1.82, 2.24) is 10.9 Å². The second-order valence-corrected chi connectivity index (χ2v) is 6.24. The second-order valence-electron chi connectivity index (χ2n) is 4.75. The number of nitrogens with one attached hydrogen (secondary N) is 2. The van der Waals surface area contributed by atoms with Crippen LogP contribution in [0.1, 0.15) is 26.5 Å². The van der Waals surface area contributed by atoms with Crippen molar-refractivity contribution in [3.05, 3.63) is 17.9 Å². The van der Waals surface area contributed by atoms with Gasteiger partial charge in [-0.15, -0.1) is 0 Å². The first kappa shape index (κ1) is 15.5. The fourth-order valence-electron chi connectivity index (χ4n) is 1.11. The molecular formula is C10H17N3O5S. The Balaban J connectivity index is 2.42. The SMILES string of the molecule is CC(C)(C)OC(=O)NNCc1ccc(S(N)(=O)=O)o1. The number of hydrogen-bond donors (Lipinski definition) is 3. The molecule has 1 heterocycles. The van der Waals surface area contributed by atoms with Gasteiger partial charge in [-0.3, -0.25) is 5.43 Å². The summed E-state index contributed by atoms with van der Waals surface area (Å²) in [7, 11) is -3.85. The number of nitrogens with two attached hydrogens (primary N) is 1. The monoisotopic (exact) mass is 291 g/mol. The minimum atomic E-state index is -3.85. The third-order valence-electron chi connectivity index (χ3n) is 1.77. The number of carbonyl (C=O) groups is 1. The van der Waals surface area contributed by atoms with Gasteiger partial charge in [-0.05, 0) is 32.9 Å². The fraction of sp³-hybridized carbons (Fsp3) is 0.500. The highest BCUT2D eigenvalue weighted by molar-refractivity contribution is 7.89. The number of rotatable bonds is 4. The predicted octanol–water partition coefficient (Wildman–Crippen LogP) is 0.456. The normalized spacial score (nSPS) is 12.2. The lowest BCUT2D eigenvalue weighted by atomic mass is 10.2. The molecule has 1 amide bonds. The Bertz CT molecular complexity index is 544. The molecule has 4 N–H and O–H groups in total. The molecule has 0 bridgehead atoms. The summed E-state index contributed by atoms with van der Waals surface area (Å²) < 4.78 is 31.9. The maximum atomic E-state index is 11.3. The van der Waals surface area contributed by atoms with Gasteiger partial charge in [-0.25, -0.2) is 23.8 Å². The van der Waals surface area contributed by atoms with Gasteiger partial charge in [0.1, 0.15) is 11.4 Å². The zero-order valence-electron chi connectivity index (χ0n) is 10.9. The molecule has 0 aliphatic rings. The quantitative estimate of drug-likeness (QED) is 0.692. The van der Waals surface area contributed by atoms with Crippen LogP contribution in [0.5, 0.6) is 0 Å². The van der Waals surface area contributed by atoms with Crippen molar-refractivity contribution in [1.29, 1.82) is 0 Å². The third kappa shape index (κ3) is 5.73. The minimum absolute atomic E-state index is 0.0920. The summed E-state index contributed by atoms with van der Waals surface area (Å²) in [6.07, 6.45) is -0.647. The Morgan fingerprint density at radius 2 is 2.05 bits per heavy atom. The standard InChI is InChI=1S/C10H17N3O5S/c1-10(2,3)18-9(14)13-12-6-7-4-5-8(17-7)19(11,15)16/h4-5,12H,6H2,1-3H3,(H,13,14)(H2,11,15,16). The molecule has 8 nitrogen and oxygen atoms in total. The van der Waals surface area contributed by atoms with Crippen LogP contribution in [0.2, 0.25) is 0 Å². The van der Waals surface area contributed by atoms with Gasteiger partial charge in [0.05, 0.1) is 6.54 Å². The minimum Gasteiger partial charge on any atom is -0.447 e. The Kier molecular flexibility index (Phi) is 4.56. The number of hydrazine groups is 1. The fourth-order valence-corrected chi connectivity index (χ4v) is 1.59. The van der Waals surface area contributed by atoms with Crippen LogP contribution >= 0.6 is 0 Å². The molecule has 108 valence electrons. The van der Waals surface area contributed by atoms with Gasteiger partial charge in [-0.1, -0.05) is 0 Å². The lowest BCUT2D eigenvalue weighted by Crippen LogP contribution is -2.40. The third-order valence-corrected chi connectivity index (χ3v) is 2.55. The molecule has 0 spiro atoms. The average Bonchev–Trinajstić information content (AvgIpc) is 2.62. The highest BCUT2D eigenvalue weighted by atomic mass is 32.2. The van der Waals surface area contributed by atoms with E-state index in [1.54, 1.807) is 20.8 Å². The Hall–Kier alpha value is -1.58. The Labute approximate surface area is 111 Å². The van der Waals surface area contributed by atoms with E-state index in [1.807, 2.05) is 0 Å². The zero-order chi connectivity index (χ0) is 14.7. The van der Waals surface area contributed by atoms with Gasteiger partial charge in [0, 0.05) is 0 Å². The van der Waals surface area contributed by atoms with Gasteiger partial charge in [0.25, 0.3) is 10.0 Å². The molecule has 1 rings (SSSR count). The van der Waals surface area contributed by atoms with Crippen LogP contribution in [0.25, 0.3) is 0 Å². The summed E-state index contributed by atoms with van der Waals surface area (Å²) in [6, 6.07) is 2.67. The van der Waals surface area contributed by atoms with Crippen LogP contribution in [0.3, 0.4) is 0 Å². The average molecular weight is 291 g/mol. The molecule has 9 heteroatoms. The number of ether oxygens (including phenoxy) is 1. The van der Waals surface area contributed by atoms with E-state index in [2.05, 4.69) is 10.9 Å². The van der Waals surface area contributed by atoms with Gasteiger partial charge < -0.3 is 9.15 Å². The highest BCUT2D eigenvalue weighted by Gasteiger charge is 2.16. The predicted molar refractivity (Wildman–Crippen MR) is 66.3 cm³/mol. The largest absolute Gasteiger partial charge is 0.447 e. The summed E-state index contributed by atoms with van der Waals surface area (Å²) >= 11 is 0. The van der Waals surface area contributed by atoms with Gasteiger partial charge in [-0.2, -0.15) is 0 Å². The van der Waals surface area contributed by atoms with E-state index in [1.165, 1.54) is 12.1 Å². The van der Waals surface area contributed by atoms with Crippen LogP contribution in [-0.4, -0.2) is 20.1 Å². The number of primary sulfonamides is 1. The number of sulfonamides is 1. The van der Waals surface area contributed by atoms with E-state index in [-0.39, 0.29) is 11.6 Å². The molecule has 19 heavy (non-hydrogen) atoms. The molecule has 0 unspecified atom stereocenters. The van der Waals surface area contributed by atoms with E-state index in [4.69, 9.17) is 14.3 Å². The van der Waals surface area contributed by atoms with E-state index in [0.717, 1.165) is 0 Å². The smallest absolute Gasteiger partial charge is 0.422 e. The van der Waals surface area contributed by atoms with Crippen LogP contribution in [0.4, 0.5) is 4.79 Å². The molecule has 0 aliphatic heterocycles. The first-order chi connectivity index (χ1) is 8.58. The highest BCUT2D eigenvalue weighted by Crippen LogP contribution is 2.11. The van der Waals surface area contributed by atoms with Crippen molar-refractivity contribution in [3.63, 3.8) is 0 Å². The lowest BCUT2D eigenvalue weighted by molar-refractivity contribution is 0.0495. The van der Waals surface area contributed by atoms with Crippen LogP contribution in [0.15, 0.2) is 21.6 Å². The summed E-state index contributed by atoms with van der Waals surface area (Å²) in [4.78, 5) is 11.3. The van der Waals surface area contributed by atoms with E-state index >= 15 is 0 Å². The topological polar surface area (TPSA) is 124 Å². The Morgan fingerprint density at radius 1 is 1.42 bits per heavy atom. The number of amides is 1. The van der Waals surface area contributed by atoms with E-state index in [9.17, 15) is 13.2 Å². The number of furan rings is 1. The molecule has 0 saturated heterocycles. The van der Waals surface area contributed by atoms with Gasteiger partial charge >= 0.3 is 6.09 Å². The molecular weight excluding hydrogens is 274 g/mol. The van der Waals surface area contributed by atoms with Crippen molar-refractivity contribution < 1.29 is 22.4 Å². The number of carbonyl (C=O) groups excluding carboxylic acids is 1. The maximum Gasteiger partial charge on any atom is 0.422 e. The molecule has 1 aromatic heterocycles. The molecule has 0 saturated carbocycles. The first-order valence-corrected chi connectivity index (χ1v) is 6.96. The maximum absolute atomic E-state index is 11.3. The molecule has 0 aromatic carbocycles. The van der Waals surface area contributed by atoms with E-state index in [0.29, 0.717) is 5.76 Å². The lowest BCUT2D eigenvalue weighted by Gasteiger charge is -2.19. The van der Waals surface area contributed by atoms with Crippen LogP contribution in [0, 0.1) is 0 Å². The van der Waals surface area contributed by atoms with Crippen molar-refractivity contribution >= 4 is 16.1 Å². The second kappa shape index (κ2) is 5.59. The van der Waals surface area contributed by atoms with Crippen LogP contribution < -0.4 is 16.0 Å². The van der Waals surface area contributed by atoms with Crippen molar-refractivity contribution in [2.45, 2.75) is 38.0 Å². The van der Waals surface area contributed by atoms with Crippen molar-refractivity contribution in [3.8, 4) is 0 Å². The molecule has 0 fully saturated rings. The van der Waals surface area contributed by atoms with Crippen molar-refractivity contribution in [2.75, 3.05) is 0 Å². The van der Waals surface area contributed by atoms with Crippen molar-refractivity contribution in [2.24, 2.45) is 5.14 Å². The Morgan fingerprint density at radius 3 is 2.53 bits per heavy atom. The molecule has 0 aliphatic carbocycles.